The maximum absolute atomic E-state index is 5.84. The van der Waals surface area contributed by atoms with E-state index in [4.69, 9.17) is 4.74 Å². The predicted octanol–water partition coefficient (Wildman–Crippen LogP) is 3.14. The summed E-state index contributed by atoms with van der Waals surface area (Å²) in [7, 11) is 3.52. The lowest BCUT2D eigenvalue weighted by Crippen LogP contribution is -2.23. The van der Waals surface area contributed by atoms with Crippen molar-refractivity contribution in [2.45, 2.75) is 32.4 Å². The summed E-state index contributed by atoms with van der Waals surface area (Å²) in [5.41, 5.74) is 1.06. The molecule has 0 fully saturated rings. The second kappa shape index (κ2) is 4.66. The van der Waals surface area contributed by atoms with Crippen LogP contribution in [0, 0.1) is 3.57 Å². The first-order chi connectivity index (χ1) is 6.42. The van der Waals surface area contributed by atoms with Gasteiger partial charge in [-0.15, -0.1) is 0 Å². The second-order valence-electron chi connectivity index (χ2n) is 4.14. The molecule has 1 aromatic carbocycles. The average molecular weight is 317 g/mol. The van der Waals surface area contributed by atoms with Crippen LogP contribution in [0.3, 0.4) is 0 Å². The van der Waals surface area contributed by atoms with Gasteiger partial charge in [0.05, 0.1) is 0 Å². The second-order valence-corrected chi connectivity index (χ2v) is 5.74. The first-order valence-electron chi connectivity index (χ1n) is 4.54. The van der Waals surface area contributed by atoms with E-state index in [1.54, 1.807) is 0 Å². The zero-order chi connectivity index (χ0) is 10.8. The molecule has 1 rings (SSSR count). The molecular weight excluding hydrogens is 303 g/mol. The fourth-order valence-electron chi connectivity index (χ4n) is 1.12. The maximum Gasteiger partial charge on any atom is 0.123 e. The SMILES string of the molecule is CC(C)(C)Oc1ccc(I)cc1C[Si]. The zero-order valence-corrected chi connectivity index (χ0v) is 11.9. The van der Waals surface area contributed by atoms with Gasteiger partial charge >= 0.3 is 0 Å². The van der Waals surface area contributed by atoms with E-state index in [1.807, 2.05) is 6.07 Å². The van der Waals surface area contributed by atoms with Gasteiger partial charge in [-0.1, -0.05) is 0 Å². The van der Waals surface area contributed by atoms with Crippen molar-refractivity contribution >= 4 is 32.8 Å². The highest BCUT2D eigenvalue weighted by Gasteiger charge is 2.13. The van der Waals surface area contributed by atoms with Gasteiger partial charge < -0.3 is 4.74 Å². The fraction of sp³-hybridized carbons (Fsp3) is 0.455. The van der Waals surface area contributed by atoms with E-state index in [9.17, 15) is 0 Å². The minimum atomic E-state index is -0.136. The van der Waals surface area contributed by atoms with Crippen molar-refractivity contribution in [3.8, 4) is 5.75 Å². The topological polar surface area (TPSA) is 9.23 Å². The van der Waals surface area contributed by atoms with E-state index in [1.165, 1.54) is 9.13 Å². The summed E-state index contributed by atoms with van der Waals surface area (Å²) in [6, 6.07) is 7.05. The lowest BCUT2D eigenvalue weighted by atomic mass is 10.1. The first-order valence-corrected chi connectivity index (χ1v) is 6.33. The van der Waals surface area contributed by atoms with E-state index < -0.39 is 0 Å². The number of ether oxygens (including phenoxy) is 1. The molecule has 3 heteroatoms. The molecule has 0 spiro atoms. The minimum absolute atomic E-state index is 0.136. The molecule has 75 valence electrons. The molecule has 1 nitrogen and oxygen atoms in total. The minimum Gasteiger partial charge on any atom is -0.488 e. The van der Waals surface area contributed by atoms with Gasteiger partial charge in [0.25, 0.3) is 0 Å². The van der Waals surface area contributed by atoms with Crippen LogP contribution in [-0.4, -0.2) is 15.8 Å². The van der Waals surface area contributed by atoms with Crippen LogP contribution in [0.1, 0.15) is 26.3 Å². The summed E-state index contributed by atoms with van der Waals surface area (Å²) in [5.74, 6) is 0.966. The largest absolute Gasteiger partial charge is 0.488 e. The van der Waals surface area contributed by atoms with Crippen LogP contribution in [0.4, 0.5) is 0 Å². The Morgan fingerprint density at radius 2 is 2.00 bits per heavy atom. The predicted molar refractivity (Wildman–Crippen MR) is 69.0 cm³/mol. The fourth-order valence-corrected chi connectivity index (χ4v) is 1.95. The molecule has 0 aliphatic carbocycles. The normalized spacial score (nSPS) is 11.5. The molecule has 14 heavy (non-hydrogen) atoms. The Morgan fingerprint density at radius 1 is 1.36 bits per heavy atom. The molecule has 0 N–H and O–H groups in total. The van der Waals surface area contributed by atoms with E-state index in [2.05, 4.69) is 65.7 Å². The molecule has 0 atom stereocenters. The summed E-state index contributed by atoms with van der Waals surface area (Å²) in [4.78, 5) is 0. The molecule has 0 aromatic heterocycles. The molecule has 0 aliphatic rings. The Balaban J connectivity index is 2.97. The number of benzene rings is 1. The molecule has 0 amide bonds. The van der Waals surface area contributed by atoms with E-state index in [-0.39, 0.29) is 5.60 Å². The van der Waals surface area contributed by atoms with E-state index in [0.717, 1.165) is 11.8 Å². The number of rotatable bonds is 2. The molecule has 0 aliphatic heterocycles. The summed E-state index contributed by atoms with van der Waals surface area (Å²) in [6.45, 7) is 6.17. The van der Waals surface area contributed by atoms with Crippen LogP contribution < -0.4 is 4.74 Å². The van der Waals surface area contributed by atoms with Crippen molar-refractivity contribution in [1.82, 2.24) is 0 Å². The number of hydrogen-bond acceptors (Lipinski definition) is 1. The Bertz CT molecular complexity index is 318. The van der Waals surface area contributed by atoms with Gasteiger partial charge in [0, 0.05) is 13.8 Å². The zero-order valence-electron chi connectivity index (χ0n) is 8.73. The molecule has 0 heterocycles. The Labute approximate surface area is 103 Å². The van der Waals surface area contributed by atoms with Crippen molar-refractivity contribution in [3.05, 3.63) is 27.3 Å². The average Bonchev–Trinajstić information content (AvgIpc) is 2.06. The number of halogens is 1. The molecule has 1 aromatic rings. The van der Waals surface area contributed by atoms with E-state index in [0.29, 0.717) is 0 Å². The van der Waals surface area contributed by atoms with Crippen molar-refractivity contribution < 1.29 is 4.74 Å². The number of hydrogen-bond donors (Lipinski definition) is 0. The van der Waals surface area contributed by atoms with E-state index >= 15 is 0 Å². The summed E-state index contributed by atoms with van der Waals surface area (Å²) < 4.78 is 7.08. The molecule has 3 radical (unpaired) electrons. The summed E-state index contributed by atoms with van der Waals surface area (Å²) >= 11 is 2.31. The summed E-state index contributed by atoms with van der Waals surface area (Å²) in [6.07, 6.45) is 0. The van der Waals surface area contributed by atoms with Crippen molar-refractivity contribution in [2.24, 2.45) is 0 Å². The Hall–Kier alpha value is -0.0331. The quantitative estimate of drug-likeness (QED) is 0.601. The maximum atomic E-state index is 5.84. The molecule has 0 unspecified atom stereocenters. The highest BCUT2D eigenvalue weighted by molar-refractivity contribution is 14.1. The molecule has 0 saturated heterocycles. The van der Waals surface area contributed by atoms with Gasteiger partial charge in [-0.05, 0) is 73.2 Å². The van der Waals surface area contributed by atoms with Crippen molar-refractivity contribution in [1.29, 1.82) is 0 Å². The van der Waals surface area contributed by atoms with Crippen LogP contribution in [0.15, 0.2) is 18.2 Å². The lowest BCUT2D eigenvalue weighted by Gasteiger charge is -2.23. The monoisotopic (exact) mass is 317 g/mol. The van der Waals surface area contributed by atoms with Gasteiger partial charge in [-0.25, -0.2) is 0 Å². The van der Waals surface area contributed by atoms with Crippen LogP contribution in [0.25, 0.3) is 0 Å². The van der Waals surface area contributed by atoms with Gasteiger partial charge in [0.2, 0.25) is 0 Å². The third-order valence-electron chi connectivity index (χ3n) is 1.63. The highest BCUT2D eigenvalue weighted by atomic mass is 127. The highest BCUT2D eigenvalue weighted by Crippen LogP contribution is 2.24. The summed E-state index contributed by atoms with van der Waals surface area (Å²) in [5, 5.41) is 0. The molecule has 0 saturated carbocycles. The lowest BCUT2D eigenvalue weighted by molar-refractivity contribution is 0.129. The van der Waals surface area contributed by atoms with Gasteiger partial charge in [0.1, 0.15) is 11.4 Å². The third-order valence-corrected chi connectivity index (χ3v) is 2.68. The molecular formula is C11H14IOSi. The Morgan fingerprint density at radius 3 is 2.50 bits per heavy atom. The van der Waals surface area contributed by atoms with Gasteiger partial charge in [-0.2, -0.15) is 0 Å². The van der Waals surface area contributed by atoms with Crippen LogP contribution in [0.5, 0.6) is 5.75 Å². The van der Waals surface area contributed by atoms with Gasteiger partial charge in [-0.3, -0.25) is 0 Å². The smallest absolute Gasteiger partial charge is 0.123 e. The van der Waals surface area contributed by atoms with Crippen LogP contribution in [-0.2, 0) is 6.04 Å². The van der Waals surface area contributed by atoms with Crippen molar-refractivity contribution in [2.75, 3.05) is 0 Å². The Kier molecular flexibility index (Phi) is 4.01. The third kappa shape index (κ3) is 3.61. The van der Waals surface area contributed by atoms with Crippen molar-refractivity contribution in [3.63, 3.8) is 0 Å². The standard InChI is InChI=1S/C11H14IOSi/c1-11(2,3)13-10-5-4-9(12)6-8(10)7-14/h4-6H,7H2,1-3H3. The van der Waals surface area contributed by atoms with Crippen LogP contribution >= 0.6 is 22.6 Å². The van der Waals surface area contributed by atoms with Crippen LogP contribution in [0.2, 0.25) is 0 Å². The molecule has 0 bridgehead atoms. The first kappa shape index (κ1) is 12.0. The van der Waals surface area contributed by atoms with Gasteiger partial charge in [0.15, 0.2) is 0 Å².